The van der Waals surface area contributed by atoms with Crippen molar-refractivity contribution in [3.8, 4) is 0 Å². The summed E-state index contributed by atoms with van der Waals surface area (Å²) in [7, 11) is 0. The number of halogens is 3. The van der Waals surface area contributed by atoms with Crippen LogP contribution in [0.3, 0.4) is 0 Å². The number of aromatic nitrogens is 2. The minimum Gasteiger partial charge on any atom is -0.292 e. The second-order valence-corrected chi connectivity index (χ2v) is 6.63. The Balaban J connectivity index is 1.79. The summed E-state index contributed by atoms with van der Waals surface area (Å²) in [4.78, 5) is 20.9. The van der Waals surface area contributed by atoms with E-state index in [4.69, 9.17) is 11.6 Å². The molecule has 0 amide bonds. The van der Waals surface area contributed by atoms with Gasteiger partial charge < -0.3 is 0 Å². The van der Waals surface area contributed by atoms with E-state index in [1.165, 1.54) is 0 Å². The van der Waals surface area contributed by atoms with Crippen molar-refractivity contribution in [2.75, 3.05) is 0 Å². The quantitative estimate of drug-likeness (QED) is 0.795. The lowest BCUT2D eigenvalue weighted by molar-refractivity contribution is -0.189. The van der Waals surface area contributed by atoms with Gasteiger partial charge in [-0.15, -0.1) is 0 Å². The third-order valence-electron chi connectivity index (χ3n) is 4.69. The maximum atomic E-state index is 12.5. The number of hydrogen-bond donors (Lipinski definition) is 0. The number of nitrogens with zero attached hydrogens (tertiary/aromatic N) is 2. The average Bonchev–Trinajstić information content (AvgIpc) is 2.25. The number of carbonyl (C=O) groups excluding carboxylic acids is 1. The van der Waals surface area contributed by atoms with Crippen LogP contribution in [-0.4, -0.2) is 22.2 Å². The summed E-state index contributed by atoms with van der Waals surface area (Å²) in [6.07, 6.45) is -0.793. The molecule has 4 rings (SSSR count). The number of rotatable bonds is 4. The summed E-state index contributed by atoms with van der Waals surface area (Å²) >= 11 is 6.01. The van der Waals surface area contributed by atoms with Crippen molar-refractivity contribution in [3.63, 3.8) is 0 Å². The number of hydrogen-bond acceptors (Lipinski definition) is 3. The molecule has 1 aromatic rings. The first kappa shape index (κ1) is 13.9. The van der Waals surface area contributed by atoms with E-state index >= 15 is 0 Å². The Kier molecular flexibility index (Phi) is 2.91. The first-order valence-corrected chi connectivity index (χ1v) is 6.99. The number of ketones is 1. The van der Waals surface area contributed by atoms with E-state index in [2.05, 4.69) is 9.97 Å². The van der Waals surface area contributed by atoms with Gasteiger partial charge in [0.05, 0.1) is 11.4 Å². The summed E-state index contributed by atoms with van der Waals surface area (Å²) in [6.45, 7) is 3.55. The molecule has 0 atom stereocenters. The number of Topliss-reactive ketones (excluding diaryl/α,β-unsaturated/α-hetero) is 1. The fourth-order valence-corrected chi connectivity index (χ4v) is 4.01. The van der Waals surface area contributed by atoms with Gasteiger partial charge in [0.25, 0.3) is 0 Å². The Labute approximate surface area is 120 Å². The molecule has 0 saturated heterocycles. The summed E-state index contributed by atoms with van der Waals surface area (Å²) in [5, 5.41) is 0.116. The van der Waals surface area contributed by atoms with Crippen molar-refractivity contribution in [1.82, 2.24) is 9.97 Å². The topological polar surface area (TPSA) is 42.9 Å². The van der Waals surface area contributed by atoms with Crippen LogP contribution in [0.4, 0.5) is 8.78 Å². The molecule has 108 valence electrons. The first-order valence-electron chi connectivity index (χ1n) is 6.61. The molecule has 3 aliphatic carbocycles. The Hall–Kier alpha value is -1.10. The minimum absolute atomic E-state index is 0.103. The van der Waals surface area contributed by atoms with Gasteiger partial charge in [0, 0.05) is 11.8 Å². The molecule has 0 spiro atoms. The molecule has 2 bridgehead atoms. The molecule has 3 aliphatic rings. The van der Waals surface area contributed by atoms with Crippen LogP contribution in [0, 0.1) is 24.7 Å². The molecule has 1 heterocycles. The highest BCUT2D eigenvalue weighted by Crippen LogP contribution is 2.76. The van der Waals surface area contributed by atoms with Crippen LogP contribution in [0.2, 0.25) is 5.15 Å². The van der Waals surface area contributed by atoms with Crippen molar-refractivity contribution in [2.45, 2.75) is 46.0 Å². The van der Waals surface area contributed by atoms with E-state index in [1.807, 2.05) is 0 Å². The predicted molar refractivity (Wildman–Crippen MR) is 70.2 cm³/mol. The fraction of sp³-hybridized carbons (Fsp3) is 0.643. The highest BCUT2D eigenvalue weighted by Gasteiger charge is 2.71. The fourth-order valence-electron chi connectivity index (χ4n) is 3.75. The van der Waals surface area contributed by atoms with Gasteiger partial charge in [-0.1, -0.05) is 11.6 Å². The molecular weight excluding hydrogens is 286 g/mol. The third kappa shape index (κ3) is 1.86. The molecule has 0 radical (unpaired) electrons. The van der Waals surface area contributed by atoms with Crippen LogP contribution in [0.25, 0.3) is 0 Å². The molecular formula is C14H15ClF2N2O. The minimum atomic E-state index is -2.30. The average molecular weight is 301 g/mol. The van der Waals surface area contributed by atoms with Crippen molar-refractivity contribution in [2.24, 2.45) is 10.8 Å². The second-order valence-electron chi connectivity index (χ2n) is 6.27. The normalized spacial score (nSPS) is 30.9. The Morgan fingerprint density at radius 2 is 1.80 bits per heavy atom. The van der Waals surface area contributed by atoms with Gasteiger partial charge in [-0.05, 0) is 38.5 Å². The standard InChI is InChI=1S/C14H15ClF2N2O/c1-7-8(2)19-12(15)10(18-7)11(20)14-4-13(5-14,6-14)3-9(16)17/h9H,3-6H2,1-2H3. The highest BCUT2D eigenvalue weighted by molar-refractivity contribution is 6.32. The summed E-state index contributed by atoms with van der Waals surface area (Å²) in [5.41, 5.74) is 0.739. The van der Waals surface area contributed by atoms with E-state index in [-0.39, 0.29) is 28.5 Å². The van der Waals surface area contributed by atoms with Crippen LogP contribution in [-0.2, 0) is 0 Å². The maximum absolute atomic E-state index is 12.5. The van der Waals surface area contributed by atoms with E-state index in [0.29, 0.717) is 30.7 Å². The lowest BCUT2D eigenvalue weighted by Crippen LogP contribution is -2.65. The lowest BCUT2D eigenvalue weighted by atomic mass is 9.33. The molecule has 0 unspecified atom stereocenters. The van der Waals surface area contributed by atoms with Crippen molar-refractivity contribution < 1.29 is 13.6 Å². The predicted octanol–water partition coefficient (Wildman–Crippen LogP) is 3.76. The van der Waals surface area contributed by atoms with E-state index in [9.17, 15) is 13.6 Å². The Morgan fingerprint density at radius 1 is 1.25 bits per heavy atom. The third-order valence-corrected chi connectivity index (χ3v) is 4.95. The van der Waals surface area contributed by atoms with Gasteiger partial charge in [-0.3, -0.25) is 4.79 Å². The number of carbonyl (C=O) groups is 1. The summed E-state index contributed by atoms with van der Waals surface area (Å²) in [5.74, 6) is -0.130. The van der Waals surface area contributed by atoms with Gasteiger partial charge in [0.2, 0.25) is 6.43 Å². The van der Waals surface area contributed by atoms with Gasteiger partial charge in [-0.25, -0.2) is 18.7 Å². The SMILES string of the molecule is Cc1nc(Cl)c(C(=O)C23CC(CC(F)F)(C2)C3)nc1C. The zero-order chi connectivity index (χ0) is 14.7. The molecule has 0 N–H and O–H groups in total. The van der Waals surface area contributed by atoms with Crippen LogP contribution in [0.1, 0.15) is 47.6 Å². The van der Waals surface area contributed by atoms with Crippen LogP contribution < -0.4 is 0 Å². The number of alkyl halides is 2. The van der Waals surface area contributed by atoms with Gasteiger partial charge in [-0.2, -0.15) is 0 Å². The van der Waals surface area contributed by atoms with E-state index < -0.39 is 11.8 Å². The van der Waals surface area contributed by atoms with Gasteiger partial charge in [0.15, 0.2) is 10.9 Å². The Bertz CT molecular complexity index is 583. The van der Waals surface area contributed by atoms with Gasteiger partial charge >= 0.3 is 0 Å². The molecule has 3 nitrogen and oxygen atoms in total. The highest BCUT2D eigenvalue weighted by atomic mass is 35.5. The molecule has 1 aromatic heterocycles. The smallest absolute Gasteiger partial charge is 0.239 e. The van der Waals surface area contributed by atoms with Crippen LogP contribution >= 0.6 is 11.6 Å². The zero-order valence-corrected chi connectivity index (χ0v) is 12.1. The summed E-state index contributed by atoms with van der Waals surface area (Å²) < 4.78 is 24.9. The lowest BCUT2D eigenvalue weighted by Gasteiger charge is -2.69. The molecule has 20 heavy (non-hydrogen) atoms. The van der Waals surface area contributed by atoms with Crippen molar-refractivity contribution in [1.29, 1.82) is 0 Å². The van der Waals surface area contributed by atoms with Gasteiger partial charge in [0.1, 0.15) is 5.69 Å². The molecule has 0 aromatic carbocycles. The van der Waals surface area contributed by atoms with E-state index in [1.54, 1.807) is 13.8 Å². The maximum Gasteiger partial charge on any atom is 0.239 e. The molecule has 6 heteroatoms. The first-order chi connectivity index (χ1) is 9.27. The monoisotopic (exact) mass is 300 g/mol. The Morgan fingerprint density at radius 3 is 2.35 bits per heavy atom. The van der Waals surface area contributed by atoms with Crippen molar-refractivity contribution in [3.05, 3.63) is 22.2 Å². The molecule has 3 saturated carbocycles. The number of aryl methyl sites for hydroxylation is 2. The second kappa shape index (κ2) is 4.20. The van der Waals surface area contributed by atoms with Crippen LogP contribution in [0.5, 0.6) is 0 Å². The molecule has 3 fully saturated rings. The van der Waals surface area contributed by atoms with Crippen LogP contribution in [0.15, 0.2) is 0 Å². The zero-order valence-electron chi connectivity index (χ0n) is 11.3. The summed E-state index contributed by atoms with van der Waals surface area (Å²) in [6, 6.07) is 0. The van der Waals surface area contributed by atoms with Crippen molar-refractivity contribution >= 4 is 17.4 Å². The van der Waals surface area contributed by atoms with E-state index in [0.717, 1.165) is 0 Å². The molecule has 0 aliphatic heterocycles. The largest absolute Gasteiger partial charge is 0.292 e.